The zero-order valence-corrected chi connectivity index (χ0v) is 11.4. The predicted octanol–water partition coefficient (Wildman–Crippen LogP) is 2.41. The van der Waals surface area contributed by atoms with Crippen LogP contribution in [0.15, 0.2) is 18.2 Å². The molecule has 0 saturated carbocycles. The summed E-state index contributed by atoms with van der Waals surface area (Å²) in [4.78, 5) is 1.99. The Labute approximate surface area is 104 Å². The number of aliphatic hydroxyl groups excluding tert-OH is 1. The van der Waals surface area contributed by atoms with E-state index in [0.717, 1.165) is 11.3 Å². The topological polar surface area (TPSA) is 32.7 Å². The molecule has 0 spiro atoms. The smallest absolute Gasteiger partial charge is 0.124 e. The lowest BCUT2D eigenvalue weighted by atomic mass is 9.97. The normalized spacial score (nSPS) is 13.2. The number of ether oxygens (including phenoxy) is 1. The molecule has 1 aromatic carbocycles. The fourth-order valence-corrected chi connectivity index (χ4v) is 1.90. The molecule has 1 aromatic rings. The molecule has 0 aliphatic carbocycles. The molecule has 1 atom stereocenters. The van der Waals surface area contributed by atoms with Crippen molar-refractivity contribution in [2.24, 2.45) is 0 Å². The minimum atomic E-state index is -0.0221. The van der Waals surface area contributed by atoms with Gasteiger partial charge in [0.2, 0.25) is 0 Å². The van der Waals surface area contributed by atoms with Gasteiger partial charge in [-0.25, -0.2) is 0 Å². The number of rotatable bonds is 5. The van der Waals surface area contributed by atoms with Gasteiger partial charge in [0.05, 0.1) is 19.8 Å². The van der Waals surface area contributed by atoms with Crippen LogP contribution >= 0.6 is 0 Å². The second-order valence-corrected chi connectivity index (χ2v) is 4.82. The van der Waals surface area contributed by atoms with Gasteiger partial charge in [0.15, 0.2) is 0 Å². The molecule has 17 heavy (non-hydrogen) atoms. The standard InChI is InChI=1S/C14H23NO2/c1-10(2)11-6-7-12(14(8-11)17-5)13(9-16)15(3)4/h6-8,10,13,16H,9H2,1-5H3. The Morgan fingerprint density at radius 1 is 1.29 bits per heavy atom. The number of aliphatic hydroxyl groups is 1. The summed E-state index contributed by atoms with van der Waals surface area (Å²) in [5.74, 6) is 1.33. The summed E-state index contributed by atoms with van der Waals surface area (Å²) >= 11 is 0. The van der Waals surface area contributed by atoms with Crippen LogP contribution in [0.3, 0.4) is 0 Å². The summed E-state index contributed by atoms with van der Waals surface area (Å²) in [5.41, 5.74) is 2.28. The molecule has 1 unspecified atom stereocenters. The van der Waals surface area contributed by atoms with E-state index in [1.54, 1.807) is 7.11 Å². The highest BCUT2D eigenvalue weighted by Crippen LogP contribution is 2.31. The number of hydrogen-bond donors (Lipinski definition) is 1. The lowest BCUT2D eigenvalue weighted by molar-refractivity contribution is 0.168. The fraction of sp³-hybridized carbons (Fsp3) is 0.571. The van der Waals surface area contributed by atoms with Crippen LogP contribution in [0.2, 0.25) is 0 Å². The Kier molecular flexibility index (Phi) is 4.97. The second kappa shape index (κ2) is 6.03. The Bertz CT molecular complexity index is 361. The van der Waals surface area contributed by atoms with Gasteiger partial charge < -0.3 is 14.7 Å². The molecule has 1 rings (SSSR count). The van der Waals surface area contributed by atoms with Crippen LogP contribution in [0.1, 0.15) is 36.9 Å². The monoisotopic (exact) mass is 237 g/mol. The lowest BCUT2D eigenvalue weighted by Crippen LogP contribution is -2.23. The zero-order chi connectivity index (χ0) is 13.0. The highest BCUT2D eigenvalue weighted by atomic mass is 16.5. The van der Waals surface area contributed by atoms with Crippen molar-refractivity contribution in [2.75, 3.05) is 27.8 Å². The lowest BCUT2D eigenvalue weighted by Gasteiger charge is -2.25. The SMILES string of the molecule is COc1cc(C(C)C)ccc1C(CO)N(C)C. The Hall–Kier alpha value is -1.06. The van der Waals surface area contributed by atoms with E-state index in [1.807, 2.05) is 19.0 Å². The van der Waals surface area contributed by atoms with Crippen molar-refractivity contribution >= 4 is 0 Å². The van der Waals surface area contributed by atoms with Crippen LogP contribution in [0.4, 0.5) is 0 Å². The first kappa shape index (κ1) is 14.0. The van der Waals surface area contributed by atoms with Crippen molar-refractivity contribution in [3.63, 3.8) is 0 Å². The molecule has 0 bridgehead atoms. The molecular formula is C14H23NO2. The Balaban J connectivity index is 3.15. The fourth-order valence-electron chi connectivity index (χ4n) is 1.90. The second-order valence-electron chi connectivity index (χ2n) is 4.82. The molecule has 0 aliphatic heterocycles. The molecule has 0 radical (unpaired) electrons. The molecule has 0 aromatic heterocycles. The van der Waals surface area contributed by atoms with Crippen molar-refractivity contribution in [3.05, 3.63) is 29.3 Å². The van der Waals surface area contributed by atoms with Gasteiger partial charge in [-0.2, -0.15) is 0 Å². The first-order valence-corrected chi connectivity index (χ1v) is 5.96. The Morgan fingerprint density at radius 3 is 2.35 bits per heavy atom. The summed E-state index contributed by atoms with van der Waals surface area (Å²) in [7, 11) is 5.58. The predicted molar refractivity (Wildman–Crippen MR) is 70.6 cm³/mol. The van der Waals surface area contributed by atoms with Gasteiger partial charge in [-0.3, -0.25) is 0 Å². The molecule has 1 N–H and O–H groups in total. The molecule has 0 saturated heterocycles. The average molecular weight is 237 g/mol. The van der Waals surface area contributed by atoms with Gasteiger partial charge in [0.1, 0.15) is 5.75 Å². The third-order valence-corrected chi connectivity index (χ3v) is 3.08. The quantitative estimate of drug-likeness (QED) is 0.853. The van der Waals surface area contributed by atoms with E-state index in [0.29, 0.717) is 5.92 Å². The van der Waals surface area contributed by atoms with Crippen LogP contribution in [0.25, 0.3) is 0 Å². The minimum Gasteiger partial charge on any atom is -0.496 e. The summed E-state index contributed by atoms with van der Waals surface area (Å²) in [5, 5.41) is 9.45. The van der Waals surface area contributed by atoms with Crippen LogP contribution in [0.5, 0.6) is 5.75 Å². The maximum atomic E-state index is 9.45. The third kappa shape index (κ3) is 3.20. The summed E-state index contributed by atoms with van der Waals surface area (Å²) in [6, 6.07) is 6.20. The first-order chi connectivity index (χ1) is 8.01. The van der Waals surface area contributed by atoms with Gasteiger partial charge in [-0.1, -0.05) is 26.0 Å². The number of benzene rings is 1. The highest BCUT2D eigenvalue weighted by molar-refractivity contribution is 5.40. The maximum Gasteiger partial charge on any atom is 0.124 e. The molecule has 0 amide bonds. The zero-order valence-electron chi connectivity index (χ0n) is 11.4. The van der Waals surface area contributed by atoms with E-state index in [4.69, 9.17) is 4.74 Å². The van der Waals surface area contributed by atoms with Crippen LogP contribution < -0.4 is 4.74 Å². The van der Waals surface area contributed by atoms with Crippen LogP contribution in [-0.2, 0) is 0 Å². The molecule has 3 nitrogen and oxygen atoms in total. The molecule has 0 fully saturated rings. The van der Waals surface area contributed by atoms with Crippen molar-refractivity contribution < 1.29 is 9.84 Å². The van der Waals surface area contributed by atoms with E-state index < -0.39 is 0 Å². The summed E-state index contributed by atoms with van der Waals surface area (Å²) in [6.07, 6.45) is 0. The van der Waals surface area contributed by atoms with Crippen LogP contribution in [0, 0.1) is 0 Å². The summed E-state index contributed by atoms with van der Waals surface area (Å²) in [6.45, 7) is 4.40. The van der Waals surface area contributed by atoms with Gasteiger partial charge in [-0.05, 0) is 31.6 Å². The van der Waals surface area contributed by atoms with Crippen molar-refractivity contribution in [1.29, 1.82) is 0 Å². The van der Waals surface area contributed by atoms with Crippen molar-refractivity contribution in [3.8, 4) is 5.75 Å². The third-order valence-electron chi connectivity index (χ3n) is 3.08. The largest absolute Gasteiger partial charge is 0.496 e. The van der Waals surface area contributed by atoms with E-state index >= 15 is 0 Å². The molecule has 0 heterocycles. The van der Waals surface area contributed by atoms with Crippen LogP contribution in [-0.4, -0.2) is 37.8 Å². The molecule has 3 heteroatoms. The highest BCUT2D eigenvalue weighted by Gasteiger charge is 2.18. The maximum absolute atomic E-state index is 9.45. The van der Waals surface area contributed by atoms with Gasteiger partial charge in [0.25, 0.3) is 0 Å². The number of nitrogens with zero attached hydrogens (tertiary/aromatic N) is 1. The van der Waals surface area contributed by atoms with Gasteiger partial charge in [-0.15, -0.1) is 0 Å². The van der Waals surface area contributed by atoms with Gasteiger partial charge >= 0.3 is 0 Å². The van der Waals surface area contributed by atoms with E-state index in [2.05, 4.69) is 32.0 Å². The molecular weight excluding hydrogens is 214 g/mol. The minimum absolute atomic E-state index is 0.0221. The Morgan fingerprint density at radius 2 is 1.94 bits per heavy atom. The van der Waals surface area contributed by atoms with E-state index in [9.17, 15) is 5.11 Å². The first-order valence-electron chi connectivity index (χ1n) is 5.96. The van der Waals surface area contributed by atoms with E-state index in [1.165, 1.54) is 5.56 Å². The van der Waals surface area contributed by atoms with E-state index in [-0.39, 0.29) is 12.6 Å². The van der Waals surface area contributed by atoms with Crippen molar-refractivity contribution in [1.82, 2.24) is 4.90 Å². The van der Waals surface area contributed by atoms with Gasteiger partial charge in [0, 0.05) is 5.56 Å². The average Bonchev–Trinajstić information content (AvgIpc) is 2.29. The molecule has 0 aliphatic rings. The number of methoxy groups -OCH3 is 1. The number of hydrogen-bond acceptors (Lipinski definition) is 3. The van der Waals surface area contributed by atoms with Crippen molar-refractivity contribution in [2.45, 2.75) is 25.8 Å². The summed E-state index contributed by atoms with van der Waals surface area (Å²) < 4.78 is 5.43. The molecule has 96 valence electrons. The number of likely N-dealkylation sites (N-methyl/N-ethyl adjacent to an activating group) is 1.